The van der Waals surface area contributed by atoms with Crippen molar-refractivity contribution in [2.24, 2.45) is 5.92 Å². The van der Waals surface area contributed by atoms with Gasteiger partial charge in [0.05, 0.1) is 12.2 Å². The summed E-state index contributed by atoms with van der Waals surface area (Å²) in [5.74, 6) is -0.769. The minimum absolute atomic E-state index is 0. The van der Waals surface area contributed by atoms with Gasteiger partial charge in [0.25, 0.3) is 6.43 Å². The number of nitrogens with zero attached hydrogens (tertiary/aromatic N) is 5. The third-order valence-electron chi connectivity index (χ3n) is 8.23. The van der Waals surface area contributed by atoms with Crippen LogP contribution in [0.15, 0.2) is 54.4 Å². The summed E-state index contributed by atoms with van der Waals surface area (Å²) in [5, 5.41) is 13.6. The molecule has 0 saturated carbocycles. The molecule has 0 spiro atoms. The summed E-state index contributed by atoms with van der Waals surface area (Å²) in [6, 6.07) is 9.79. The van der Waals surface area contributed by atoms with E-state index in [4.69, 9.17) is 11.6 Å². The summed E-state index contributed by atoms with van der Waals surface area (Å²) in [6.07, 6.45) is 4.36. The van der Waals surface area contributed by atoms with Gasteiger partial charge in [-0.3, -0.25) is 9.58 Å². The molecule has 3 aliphatic rings. The number of carbonyl (C=O) groups is 1. The largest absolute Gasteiger partial charge is 0.478 e. The van der Waals surface area contributed by atoms with Crippen LogP contribution < -0.4 is 0 Å². The molecule has 224 valence electrons. The Morgan fingerprint density at radius 1 is 1.15 bits per heavy atom. The first-order chi connectivity index (χ1) is 19.2. The molecule has 0 amide bonds. The monoisotopic (exact) mass is 609 g/mol. The Morgan fingerprint density at radius 2 is 1.85 bits per heavy atom. The van der Waals surface area contributed by atoms with Crippen molar-refractivity contribution >= 4 is 35.6 Å². The molecular weight excluding hydrogens is 571 g/mol. The van der Waals surface area contributed by atoms with Crippen LogP contribution in [0.5, 0.6) is 0 Å². The Labute approximate surface area is 251 Å². The number of aromatic carboxylic acids is 1. The molecule has 5 rings (SSSR count). The van der Waals surface area contributed by atoms with Crippen LogP contribution in [-0.4, -0.2) is 86.4 Å². The highest BCUT2D eigenvalue weighted by Gasteiger charge is 2.40. The molecule has 2 aromatic rings. The summed E-state index contributed by atoms with van der Waals surface area (Å²) in [7, 11) is 0. The lowest BCUT2D eigenvalue weighted by molar-refractivity contribution is 0.0678. The number of allylic oxidation sites excluding steroid dienone is 2. The van der Waals surface area contributed by atoms with E-state index >= 15 is 0 Å². The van der Waals surface area contributed by atoms with E-state index in [0.717, 1.165) is 68.7 Å². The third-order valence-corrected chi connectivity index (χ3v) is 8.73. The van der Waals surface area contributed by atoms with Crippen molar-refractivity contribution in [2.45, 2.75) is 50.6 Å². The van der Waals surface area contributed by atoms with Gasteiger partial charge in [-0.15, -0.1) is 12.4 Å². The average Bonchev–Trinajstić information content (AvgIpc) is 3.40. The molecule has 2 aliphatic heterocycles. The topological polar surface area (TPSA) is 64.8 Å². The smallest absolute Gasteiger partial charge is 0.339 e. The Bertz CT molecular complexity index is 1260. The van der Waals surface area contributed by atoms with E-state index in [2.05, 4.69) is 57.9 Å². The zero-order valence-corrected chi connectivity index (χ0v) is 25.1. The van der Waals surface area contributed by atoms with Gasteiger partial charge in [-0.1, -0.05) is 61.9 Å². The first-order valence-electron chi connectivity index (χ1n) is 14.1. The van der Waals surface area contributed by atoms with Gasteiger partial charge in [0.15, 0.2) is 0 Å². The highest BCUT2D eigenvalue weighted by molar-refractivity contribution is 6.25. The van der Waals surface area contributed by atoms with Crippen molar-refractivity contribution < 1.29 is 18.7 Å². The molecule has 2 saturated heterocycles. The maximum Gasteiger partial charge on any atom is 0.339 e. The fourth-order valence-corrected chi connectivity index (χ4v) is 6.70. The Hall–Kier alpha value is -2.46. The second-order valence-corrected chi connectivity index (χ2v) is 12.1. The lowest BCUT2D eigenvalue weighted by Gasteiger charge is -2.47. The summed E-state index contributed by atoms with van der Waals surface area (Å²) in [6.45, 7) is 10.5. The maximum absolute atomic E-state index is 14.0. The molecule has 0 radical (unpaired) electrons. The number of hydrogen-bond donors (Lipinski definition) is 1. The van der Waals surface area contributed by atoms with Crippen molar-refractivity contribution in [1.29, 1.82) is 0 Å². The van der Waals surface area contributed by atoms with Gasteiger partial charge in [0.1, 0.15) is 16.3 Å². The molecule has 11 heteroatoms. The normalized spacial score (nSPS) is 24.3. The number of halogens is 4. The number of carboxylic acids is 1. The first-order valence-corrected chi connectivity index (χ1v) is 14.5. The number of carboxylic acid groups (broad SMARTS) is 1. The van der Waals surface area contributed by atoms with Crippen LogP contribution in [0.4, 0.5) is 8.78 Å². The van der Waals surface area contributed by atoms with Crippen molar-refractivity contribution in [2.75, 3.05) is 45.8 Å². The molecule has 1 aromatic heterocycles. The molecule has 1 aromatic carbocycles. The fourth-order valence-electron chi connectivity index (χ4n) is 6.34. The zero-order valence-electron chi connectivity index (χ0n) is 23.6. The van der Waals surface area contributed by atoms with E-state index in [0.29, 0.717) is 25.3 Å². The number of rotatable bonds is 8. The van der Waals surface area contributed by atoms with E-state index in [1.165, 1.54) is 4.68 Å². The standard InChI is InChI=1S/C30H38ClF2N5O2.ClH/c1-21(2)19-35-13-15-37(16-14-35)30(31)11-10-24(22-7-4-3-5-8-22)26(17-30)36-12-6-9-23(20-36)38-27(28(32)33)25(18-34-38)29(39)40;/h3-5,7-8,10-11,18,21,23,28H,6,9,12-17,19-20H2,1-2H3,(H,39,40);1H. The number of piperidine rings is 1. The van der Waals surface area contributed by atoms with E-state index in [9.17, 15) is 18.7 Å². The Kier molecular flexibility index (Phi) is 10.2. The van der Waals surface area contributed by atoms with Gasteiger partial charge in [-0.05, 0) is 30.4 Å². The van der Waals surface area contributed by atoms with Crippen molar-refractivity contribution in [3.8, 4) is 0 Å². The van der Waals surface area contributed by atoms with E-state index in [1.54, 1.807) is 0 Å². The molecule has 1 aliphatic carbocycles. The van der Waals surface area contributed by atoms with Gasteiger partial charge < -0.3 is 14.9 Å². The number of alkyl halides is 3. The second-order valence-electron chi connectivity index (χ2n) is 11.5. The molecule has 41 heavy (non-hydrogen) atoms. The van der Waals surface area contributed by atoms with Crippen LogP contribution >= 0.6 is 24.0 Å². The van der Waals surface area contributed by atoms with Crippen LogP contribution in [0.3, 0.4) is 0 Å². The molecule has 2 unspecified atom stereocenters. The lowest BCUT2D eigenvalue weighted by atomic mass is 9.90. The van der Waals surface area contributed by atoms with Crippen molar-refractivity contribution in [3.63, 3.8) is 0 Å². The van der Waals surface area contributed by atoms with Crippen LogP contribution in [-0.2, 0) is 0 Å². The first kappa shape index (κ1) is 31.5. The molecule has 3 heterocycles. The third kappa shape index (κ3) is 6.79. The Balaban J connectivity index is 0.00000387. The highest BCUT2D eigenvalue weighted by Crippen LogP contribution is 2.42. The molecule has 2 fully saturated rings. The minimum atomic E-state index is -2.93. The second kappa shape index (κ2) is 13.2. The highest BCUT2D eigenvalue weighted by atomic mass is 35.5. The summed E-state index contributed by atoms with van der Waals surface area (Å²) in [5.41, 5.74) is 2.29. The number of benzene rings is 1. The van der Waals surface area contributed by atoms with Crippen LogP contribution in [0.2, 0.25) is 0 Å². The van der Waals surface area contributed by atoms with Gasteiger partial charge in [0, 0.05) is 63.5 Å². The molecule has 1 N–H and O–H groups in total. The summed E-state index contributed by atoms with van der Waals surface area (Å²) in [4.78, 5) is 18.0. The fraction of sp³-hybridized carbons (Fsp3) is 0.533. The minimum Gasteiger partial charge on any atom is -0.478 e. The van der Waals surface area contributed by atoms with Crippen LogP contribution in [0.1, 0.15) is 67.2 Å². The van der Waals surface area contributed by atoms with Gasteiger partial charge in [-0.2, -0.15) is 5.10 Å². The quantitative estimate of drug-likeness (QED) is 0.286. The van der Waals surface area contributed by atoms with E-state index in [1.807, 2.05) is 18.2 Å². The molecule has 0 bridgehead atoms. The van der Waals surface area contributed by atoms with Crippen molar-refractivity contribution in [3.05, 3.63) is 71.2 Å². The van der Waals surface area contributed by atoms with E-state index < -0.39 is 28.7 Å². The summed E-state index contributed by atoms with van der Waals surface area (Å²) < 4.78 is 29.2. The van der Waals surface area contributed by atoms with E-state index in [-0.39, 0.29) is 18.4 Å². The lowest BCUT2D eigenvalue weighted by Crippen LogP contribution is -2.55. The zero-order chi connectivity index (χ0) is 28.4. The van der Waals surface area contributed by atoms with Gasteiger partial charge >= 0.3 is 5.97 Å². The Morgan fingerprint density at radius 3 is 2.49 bits per heavy atom. The summed E-state index contributed by atoms with van der Waals surface area (Å²) >= 11 is 7.41. The maximum atomic E-state index is 14.0. The SMILES string of the molecule is CC(C)CN1CCN(C2(Cl)C=CC(c3ccccc3)=C(N3CCCC(n4ncc(C(=O)O)c4C(F)F)C3)C2)CC1.Cl. The number of aromatic nitrogens is 2. The molecular formula is C30H39Cl2F2N5O2. The predicted octanol–water partition coefficient (Wildman–Crippen LogP) is 6.16. The van der Waals surface area contributed by atoms with Gasteiger partial charge in [-0.25, -0.2) is 13.6 Å². The van der Waals surface area contributed by atoms with Crippen LogP contribution in [0.25, 0.3) is 5.57 Å². The number of likely N-dealkylation sites (tertiary alicyclic amines) is 1. The average molecular weight is 611 g/mol. The number of hydrogen-bond acceptors (Lipinski definition) is 5. The molecule has 2 atom stereocenters. The van der Waals surface area contributed by atoms with Crippen LogP contribution in [0, 0.1) is 5.92 Å². The van der Waals surface area contributed by atoms with Crippen molar-refractivity contribution in [1.82, 2.24) is 24.5 Å². The number of piperazine rings is 1. The molecule has 7 nitrogen and oxygen atoms in total. The predicted molar refractivity (Wildman–Crippen MR) is 160 cm³/mol. The van der Waals surface area contributed by atoms with Gasteiger partial charge in [0.2, 0.25) is 0 Å².